The minimum Gasteiger partial charge on any atom is -0.508 e. The number of aromatic carboxylic acids is 1. The number of hydrogen-bond donors (Lipinski definition) is 3. The fraction of sp³-hybridized carbons (Fsp3) is 0.190. The lowest BCUT2D eigenvalue weighted by Gasteiger charge is -2.06. The van der Waals surface area contributed by atoms with Gasteiger partial charge < -0.3 is 15.3 Å². The van der Waals surface area contributed by atoms with Gasteiger partial charge in [0.2, 0.25) is 0 Å². The van der Waals surface area contributed by atoms with E-state index in [1.807, 2.05) is 12.1 Å². The zero-order valence-corrected chi connectivity index (χ0v) is 14.7. The topological polar surface area (TPSA) is 104 Å². The molecular formula is C21H20N2O4. The summed E-state index contributed by atoms with van der Waals surface area (Å²) in [5, 5.41) is 28.0. The van der Waals surface area contributed by atoms with Gasteiger partial charge in [-0.05, 0) is 61.1 Å². The maximum Gasteiger partial charge on any atom is 0.335 e. The van der Waals surface area contributed by atoms with Crippen LogP contribution < -0.4 is 0 Å². The lowest BCUT2D eigenvalue weighted by Crippen LogP contribution is -2.02. The third-order valence-electron chi connectivity index (χ3n) is 4.24. The number of nitrogens with zero attached hydrogens (tertiary/aromatic N) is 2. The maximum absolute atomic E-state index is 10.9. The summed E-state index contributed by atoms with van der Waals surface area (Å²) in [4.78, 5) is 19.7. The number of rotatable bonds is 7. The number of aromatic nitrogens is 2. The first-order chi connectivity index (χ1) is 13.0. The Kier molecular flexibility index (Phi) is 5.66. The lowest BCUT2D eigenvalue weighted by atomic mass is 10.1. The summed E-state index contributed by atoms with van der Waals surface area (Å²) >= 11 is 0. The zero-order valence-electron chi connectivity index (χ0n) is 14.7. The van der Waals surface area contributed by atoms with Gasteiger partial charge in [0.15, 0.2) is 0 Å². The van der Waals surface area contributed by atoms with E-state index in [0.717, 1.165) is 28.9 Å². The molecule has 138 valence electrons. The molecule has 3 N–H and O–H groups in total. The number of phenols is 2. The third kappa shape index (κ3) is 5.28. The fourth-order valence-electron chi connectivity index (χ4n) is 2.85. The van der Waals surface area contributed by atoms with E-state index in [0.29, 0.717) is 19.3 Å². The second-order valence-corrected chi connectivity index (χ2v) is 6.36. The number of carboxylic acids is 1. The highest BCUT2D eigenvalue weighted by Crippen LogP contribution is 2.21. The Morgan fingerprint density at radius 1 is 0.778 bits per heavy atom. The van der Waals surface area contributed by atoms with E-state index in [1.165, 1.54) is 6.07 Å². The molecule has 6 heteroatoms. The quantitative estimate of drug-likeness (QED) is 0.595. The summed E-state index contributed by atoms with van der Waals surface area (Å²) in [6.45, 7) is 0. The summed E-state index contributed by atoms with van der Waals surface area (Å²) in [7, 11) is 0. The summed E-state index contributed by atoms with van der Waals surface area (Å²) in [5.74, 6) is -0.849. The van der Waals surface area contributed by atoms with Crippen LogP contribution in [-0.2, 0) is 25.7 Å². The van der Waals surface area contributed by atoms with E-state index in [2.05, 4.69) is 9.97 Å². The van der Waals surface area contributed by atoms with Crippen LogP contribution in [0.5, 0.6) is 11.5 Å². The maximum atomic E-state index is 10.9. The molecule has 0 bridgehead atoms. The smallest absolute Gasteiger partial charge is 0.335 e. The molecule has 1 heterocycles. The van der Waals surface area contributed by atoms with Crippen LogP contribution in [0.25, 0.3) is 0 Å². The molecule has 1 aromatic heterocycles. The number of benzene rings is 2. The largest absolute Gasteiger partial charge is 0.508 e. The van der Waals surface area contributed by atoms with Crippen LogP contribution >= 0.6 is 0 Å². The van der Waals surface area contributed by atoms with Gasteiger partial charge in [-0.25, -0.2) is 4.79 Å². The molecule has 0 atom stereocenters. The average molecular weight is 364 g/mol. The SMILES string of the molecule is O=C(O)c1ccc(CCc2cncc(CCc3cc(O)cc(O)c3)n2)cc1. The number of carboxylic acid groups (broad SMARTS) is 1. The molecule has 3 rings (SSSR count). The van der Waals surface area contributed by atoms with Gasteiger partial charge in [-0.1, -0.05) is 12.1 Å². The van der Waals surface area contributed by atoms with Gasteiger partial charge in [0.1, 0.15) is 11.5 Å². The van der Waals surface area contributed by atoms with Crippen LogP contribution in [0, 0.1) is 0 Å². The van der Waals surface area contributed by atoms with Gasteiger partial charge in [-0.2, -0.15) is 0 Å². The molecule has 27 heavy (non-hydrogen) atoms. The predicted molar refractivity (Wildman–Crippen MR) is 100 cm³/mol. The Morgan fingerprint density at radius 2 is 1.33 bits per heavy atom. The van der Waals surface area contributed by atoms with E-state index >= 15 is 0 Å². The summed E-state index contributed by atoms with van der Waals surface area (Å²) in [6.07, 6.45) is 6.19. The van der Waals surface area contributed by atoms with Crippen LogP contribution in [0.1, 0.15) is 32.9 Å². The second kappa shape index (κ2) is 8.31. The van der Waals surface area contributed by atoms with Crippen molar-refractivity contribution in [2.45, 2.75) is 25.7 Å². The monoisotopic (exact) mass is 364 g/mol. The fourth-order valence-corrected chi connectivity index (χ4v) is 2.85. The predicted octanol–water partition coefficient (Wildman–Crippen LogP) is 3.16. The molecule has 0 aliphatic rings. The Labute approximate surface area is 156 Å². The van der Waals surface area contributed by atoms with Crippen LogP contribution in [-0.4, -0.2) is 31.3 Å². The number of hydrogen-bond acceptors (Lipinski definition) is 5. The van der Waals surface area contributed by atoms with Crippen LogP contribution in [0.3, 0.4) is 0 Å². The summed E-state index contributed by atoms with van der Waals surface area (Å²) < 4.78 is 0. The van der Waals surface area contributed by atoms with Crippen molar-refractivity contribution < 1.29 is 20.1 Å². The number of aromatic hydroxyl groups is 2. The molecule has 0 aliphatic carbocycles. The highest BCUT2D eigenvalue weighted by atomic mass is 16.4. The standard InChI is InChI=1S/C21H20N2O4/c24-19-9-15(10-20(25)11-19)4-8-18-13-22-12-17(23-18)7-3-14-1-5-16(6-2-14)21(26)27/h1-2,5-6,9-13,24-25H,3-4,7-8H2,(H,26,27). The molecule has 3 aromatic rings. The van der Waals surface area contributed by atoms with Crippen LogP contribution in [0.2, 0.25) is 0 Å². The first-order valence-electron chi connectivity index (χ1n) is 8.63. The zero-order chi connectivity index (χ0) is 19.2. The molecule has 0 spiro atoms. The van der Waals surface area contributed by atoms with Gasteiger partial charge in [0.05, 0.1) is 17.0 Å². The van der Waals surface area contributed by atoms with Crippen molar-refractivity contribution in [3.8, 4) is 11.5 Å². The molecule has 0 saturated carbocycles. The molecule has 6 nitrogen and oxygen atoms in total. The molecule has 0 aliphatic heterocycles. The van der Waals surface area contributed by atoms with Gasteiger partial charge in [0, 0.05) is 18.5 Å². The highest BCUT2D eigenvalue weighted by molar-refractivity contribution is 5.87. The average Bonchev–Trinajstić information content (AvgIpc) is 2.65. The van der Waals surface area contributed by atoms with Crippen molar-refractivity contribution in [2.24, 2.45) is 0 Å². The Balaban J connectivity index is 1.59. The lowest BCUT2D eigenvalue weighted by molar-refractivity contribution is 0.0697. The van der Waals surface area contributed by atoms with Crippen molar-refractivity contribution in [1.29, 1.82) is 0 Å². The Morgan fingerprint density at radius 3 is 1.89 bits per heavy atom. The van der Waals surface area contributed by atoms with Crippen molar-refractivity contribution in [3.05, 3.63) is 82.9 Å². The molecule has 0 unspecified atom stereocenters. The normalized spacial score (nSPS) is 10.7. The van der Waals surface area contributed by atoms with Crippen LogP contribution in [0.15, 0.2) is 54.9 Å². The summed E-state index contributed by atoms with van der Waals surface area (Å²) in [6, 6.07) is 11.4. The Hall–Kier alpha value is -3.41. The molecule has 0 radical (unpaired) electrons. The van der Waals surface area contributed by atoms with E-state index in [-0.39, 0.29) is 17.1 Å². The molecule has 0 amide bonds. The van der Waals surface area contributed by atoms with Crippen molar-refractivity contribution in [3.63, 3.8) is 0 Å². The second-order valence-electron chi connectivity index (χ2n) is 6.36. The van der Waals surface area contributed by atoms with Gasteiger partial charge >= 0.3 is 5.97 Å². The van der Waals surface area contributed by atoms with Crippen LogP contribution in [0.4, 0.5) is 0 Å². The first kappa shape index (κ1) is 18.4. The van der Waals surface area contributed by atoms with Crippen molar-refractivity contribution >= 4 is 5.97 Å². The molecule has 0 fully saturated rings. The molecular weight excluding hydrogens is 344 g/mol. The first-order valence-corrected chi connectivity index (χ1v) is 8.63. The van der Waals surface area contributed by atoms with E-state index < -0.39 is 5.97 Å². The van der Waals surface area contributed by atoms with Gasteiger partial charge in [-0.3, -0.25) is 9.97 Å². The van der Waals surface area contributed by atoms with Crippen molar-refractivity contribution in [2.75, 3.05) is 0 Å². The molecule has 2 aromatic carbocycles. The van der Waals surface area contributed by atoms with Gasteiger partial charge in [0.25, 0.3) is 0 Å². The highest BCUT2D eigenvalue weighted by Gasteiger charge is 2.05. The van der Waals surface area contributed by atoms with E-state index in [9.17, 15) is 15.0 Å². The summed E-state index contributed by atoms with van der Waals surface area (Å²) in [5.41, 5.74) is 3.87. The third-order valence-corrected chi connectivity index (χ3v) is 4.24. The van der Waals surface area contributed by atoms with Gasteiger partial charge in [-0.15, -0.1) is 0 Å². The number of carbonyl (C=O) groups is 1. The minimum atomic E-state index is -0.930. The number of phenolic OH excluding ortho intramolecular Hbond substituents is 2. The number of aryl methyl sites for hydroxylation is 4. The molecule has 0 saturated heterocycles. The van der Waals surface area contributed by atoms with Crippen molar-refractivity contribution in [1.82, 2.24) is 9.97 Å². The Bertz CT molecular complexity index is 919. The van der Waals surface area contributed by atoms with E-state index in [4.69, 9.17) is 5.11 Å². The minimum absolute atomic E-state index is 0.0405. The van der Waals surface area contributed by atoms with E-state index in [1.54, 1.807) is 36.7 Å².